The van der Waals surface area contributed by atoms with Gasteiger partial charge in [0, 0.05) is 6.54 Å². The summed E-state index contributed by atoms with van der Waals surface area (Å²) in [7, 11) is 0. The van der Waals surface area contributed by atoms with Crippen LogP contribution in [0.3, 0.4) is 0 Å². The van der Waals surface area contributed by atoms with Crippen molar-refractivity contribution in [2.45, 2.75) is 149 Å². The summed E-state index contributed by atoms with van der Waals surface area (Å²) in [6.07, 6.45) is 0.855. The van der Waals surface area contributed by atoms with Crippen molar-refractivity contribution in [3.05, 3.63) is 0 Å². The van der Waals surface area contributed by atoms with Crippen LogP contribution in [0, 0.1) is 11.8 Å². The number of hydrogen-bond donors (Lipinski definition) is 11. The fourth-order valence-electron chi connectivity index (χ4n) is 5.85. The molecule has 13 N–H and O–H groups in total. The molecule has 0 spiro atoms. The van der Waals surface area contributed by atoms with Gasteiger partial charge in [-0.15, -0.1) is 0 Å². The van der Waals surface area contributed by atoms with Crippen molar-refractivity contribution in [1.82, 2.24) is 52.8 Å². The number of hydrogen-bond acceptors (Lipinski definition) is 12. The predicted octanol–water partition coefficient (Wildman–Crippen LogP) is -4.76. The van der Waals surface area contributed by atoms with Gasteiger partial charge in [0.2, 0.25) is 65.0 Å². The van der Waals surface area contributed by atoms with Crippen LogP contribution in [0.4, 0.5) is 0 Å². The molecule has 0 aromatic heterocycles. The quantitative estimate of drug-likeness (QED) is 0.0489. The maximum atomic E-state index is 13.1. The molecule has 0 aromatic carbocycles. The molecule has 1 heterocycles. The molecule has 1 aliphatic rings. The summed E-state index contributed by atoms with van der Waals surface area (Å²) in [4.78, 5) is 140. The Bertz CT molecular complexity index is 1660. The Balaban J connectivity index is 2.60. The fraction of sp³-hybridized carbons (Fsp3) is 0.711. The van der Waals surface area contributed by atoms with E-state index in [1.807, 2.05) is 0 Å². The first-order chi connectivity index (χ1) is 28.2. The van der Waals surface area contributed by atoms with Crippen molar-refractivity contribution in [2.75, 3.05) is 13.1 Å². The minimum absolute atomic E-state index is 0.270. The van der Waals surface area contributed by atoms with Crippen LogP contribution < -0.4 is 59.3 Å². The molecule has 11 amide bonds. The molecular formula is C38H66N12O11. The molecule has 0 aliphatic carbocycles. The van der Waals surface area contributed by atoms with Crippen LogP contribution in [-0.4, -0.2) is 143 Å². The van der Waals surface area contributed by atoms with Gasteiger partial charge in [-0.1, -0.05) is 27.7 Å². The number of rotatable bonds is 22. The Morgan fingerprint density at radius 3 is 1.38 bits per heavy atom. The van der Waals surface area contributed by atoms with E-state index in [2.05, 4.69) is 47.9 Å². The maximum Gasteiger partial charge on any atom is 0.245 e. The van der Waals surface area contributed by atoms with Crippen LogP contribution in [0.15, 0.2) is 0 Å². The average molecular weight is 867 g/mol. The molecule has 23 nitrogen and oxygen atoms in total. The Hall–Kier alpha value is -5.87. The third kappa shape index (κ3) is 17.0. The van der Waals surface area contributed by atoms with Gasteiger partial charge in [0.15, 0.2) is 0 Å². The summed E-state index contributed by atoms with van der Waals surface area (Å²) in [5, 5.41) is 22.1. The highest BCUT2D eigenvalue weighted by Crippen LogP contribution is 2.19. The van der Waals surface area contributed by atoms with Crippen molar-refractivity contribution in [1.29, 1.82) is 0 Å². The molecule has 1 aliphatic heterocycles. The zero-order valence-electron chi connectivity index (χ0n) is 36.8. The molecule has 10 atom stereocenters. The molecule has 1 rings (SSSR count). The Morgan fingerprint density at radius 2 is 0.918 bits per heavy atom. The van der Waals surface area contributed by atoms with Crippen molar-refractivity contribution in [3.8, 4) is 0 Å². The summed E-state index contributed by atoms with van der Waals surface area (Å²) in [6, 6.07) is -10.5. The van der Waals surface area contributed by atoms with E-state index in [-0.39, 0.29) is 12.5 Å². The second kappa shape index (κ2) is 24.4. The summed E-state index contributed by atoms with van der Waals surface area (Å²) in [5.41, 5.74) is 10.9. The van der Waals surface area contributed by atoms with Crippen molar-refractivity contribution >= 4 is 65.0 Å². The van der Waals surface area contributed by atoms with Gasteiger partial charge in [-0.2, -0.15) is 0 Å². The lowest BCUT2D eigenvalue weighted by Gasteiger charge is -2.28. The number of nitrogens with two attached hydrogens (primary N) is 2. The van der Waals surface area contributed by atoms with E-state index in [4.69, 9.17) is 11.5 Å². The summed E-state index contributed by atoms with van der Waals surface area (Å²) >= 11 is 0. The molecule has 61 heavy (non-hydrogen) atoms. The summed E-state index contributed by atoms with van der Waals surface area (Å²) < 4.78 is 0. The lowest BCUT2D eigenvalue weighted by molar-refractivity contribution is -0.141. The van der Waals surface area contributed by atoms with E-state index in [1.165, 1.54) is 53.4 Å². The first-order valence-electron chi connectivity index (χ1n) is 20.2. The van der Waals surface area contributed by atoms with Gasteiger partial charge < -0.3 is 64.2 Å². The molecule has 1 saturated heterocycles. The molecule has 0 bridgehead atoms. The summed E-state index contributed by atoms with van der Waals surface area (Å²) in [5.74, 6) is -8.16. The number of nitrogens with zero attached hydrogens (tertiary/aromatic N) is 1. The number of carbonyl (C=O) groups is 11. The van der Waals surface area contributed by atoms with Crippen LogP contribution in [-0.2, 0) is 52.7 Å². The SMILES string of the molecule is CC(C)[C@H](NC(=O)[C@@H](NC(=O)[C@H](C)NC(=O)CNC(=O)[C@H](C)NC(=O)[C@H](C)NC(=O)[C@H](C)NC(=O)[C@H](C)NC(=O)[C@@H]1CCCN1C(=O)[C@H](C)NC(=O)[C@H](C)N)C(C)C)C(N)=O. The van der Waals surface area contributed by atoms with Gasteiger partial charge in [-0.05, 0) is 73.1 Å². The van der Waals surface area contributed by atoms with Crippen molar-refractivity contribution < 1.29 is 52.7 Å². The zero-order valence-corrected chi connectivity index (χ0v) is 36.8. The molecule has 23 heteroatoms. The number of amides is 11. The summed E-state index contributed by atoms with van der Waals surface area (Å²) in [6.45, 7) is 16.1. The van der Waals surface area contributed by atoms with Crippen LogP contribution in [0.25, 0.3) is 0 Å². The molecule has 0 aromatic rings. The van der Waals surface area contributed by atoms with E-state index in [0.29, 0.717) is 12.8 Å². The van der Waals surface area contributed by atoms with Crippen LogP contribution in [0.1, 0.15) is 89.0 Å². The van der Waals surface area contributed by atoms with Crippen molar-refractivity contribution in [2.24, 2.45) is 23.3 Å². The van der Waals surface area contributed by atoms with Crippen LogP contribution >= 0.6 is 0 Å². The number of primary amides is 1. The molecule has 1 fully saturated rings. The first-order valence-corrected chi connectivity index (χ1v) is 20.2. The lowest BCUT2D eigenvalue weighted by Crippen LogP contribution is -2.59. The largest absolute Gasteiger partial charge is 0.368 e. The molecule has 0 radical (unpaired) electrons. The van der Waals surface area contributed by atoms with Crippen LogP contribution in [0.2, 0.25) is 0 Å². The number of carbonyl (C=O) groups excluding carboxylic acids is 11. The second-order valence-corrected chi connectivity index (χ2v) is 16.0. The lowest BCUT2D eigenvalue weighted by atomic mass is 9.99. The van der Waals surface area contributed by atoms with Gasteiger partial charge in [0.1, 0.15) is 54.4 Å². The smallest absolute Gasteiger partial charge is 0.245 e. The number of nitrogens with one attached hydrogen (secondary N) is 9. The predicted molar refractivity (Wildman–Crippen MR) is 220 cm³/mol. The van der Waals surface area contributed by atoms with E-state index >= 15 is 0 Å². The van der Waals surface area contributed by atoms with Crippen molar-refractivity contribution in [3.63, 3.8) is 0 Å². The Morgan fingerprint density at radius 1 is 0.508 bits per heavy atom. The van der Waals surface area contributed by atoms with Gasteiger partial charge in [0.25, 0.3) is 0 Å². The molecular weight excluding hydrogens is 800 g/mol. The van der Waals surface area contributed by atoms with E-state index in [9.17, 15) is 52.7 Å². The highest BCUT2D eigenvalue weighted by Gasteiger charge is 2.38. The van der Waals surface area contributed by atoms with Gasteiger partial charge in [-0.25, -0.2) is 0 Å². The maximum absolute atomic E-state index is 13.1. The highest BCUT2D eigenvalue weighted by atomic mass is 16.2. The second-order valence-electron chi connectivity index (χ2n) is 16.0. The zero-order chi connectivity index (χ0) is 47.0. The van der Waals surface area contributed by atoms with Gasteiger partial charge >= 0.3 is 0 Å². The van der Waals surface area contributed by atoms with E-state index in [0.717, 1.165) is 0 Å². The third-order valence-electron chi connectivity index (χ3n) is 9.70. The topological polar surface area (TPSA) is 351 Å². The normalized spacial score (nSPS) is 18.0. The fourth-order valence-corrected chi connectivity index (χ4v) is 5.85. The van der Waals surface area contributed by atoms with Gasteiger partial charge in [0.05, 0.1) is 12.6 Å². The standard InChI is InChI=1S/C38H66N12O11/c1-16(2)27(29(40)52)48-37(60)28(17(3)4)49-35(58)20(7)42-26(51)15-41-31(54)19(6)43-32(55)21(8)44-33(56)22(9)45-34(57)23(10)46-36(59)25-13-12-14-50(25)38(61)24(11)47-30(53)18(5)39/h16-25,27-28H,12-15,39H2,1-11H3,(H2,40,52)(H,41,54)(H,42,51)(H,43,55)(H,44,56)(H,45,57)(H,46,59)(H,47,53)(H,48,60)(H,49,58)/t18-,19-,20-,21-,22-,23-,24-,25-,27-,28-/m0/s1. The monoisotopic (exact) mass is 866 g/mol. The molecule has 0 unspecified atom stereocenters. The first kappa shape index (κ1) is 53.1. The molecule has 344 valence electrons. The third-order valence-corrected chi connectivity index (χ3v) is 9.70. The average Bonchev–Trinajstić information content (AvgIpc) is 3.67. The minimum Gasteiger partial charge on any atom is -0.368 e. The Labute approximate surface area is 355 Å². The van der Waals surface area contributed by atoms with Gasteiger partial charge in [-0.3, -0.25) is 52.7 Å². The minimum atomic E-state index is -1.18. The van der Waals surface area contributed by atoms with E-state index < -0.39 is 138 Å². The highest BCUT2D eigenvalue weighted by molar-refractivity contribution is 5.98. The molecule has 0 saturated carbocycles. The Kier molecular flexibility index (Phi) is 21.3. The van der Waals surface area contributed by atoms with Crippen LogP contribution in [0.5, 0.6) is 0 Å². The van der Waals surface area contributed by atoms with E-state index in [1.54, 1.807) is 27.7 Å². The number of likely N-dealkylation sites (tertiary alicyclic amines) is 1.